The topological polar surface area (TPSA) is 51.5 Å². The molecular weight excluding hydrogens is 218 g/mol. The Labute approximate surface area is 99.4 Å². The van der Waals surface area contributed by atoms with Crippen LogP contribution in [0.15, 0.2) is 30.5 Å². The molecule has 0 aliphatic carbocycles. The summed E-state index contributed by atoms with van der Waals surface area (Å²) >= 11 is 0. The van der Waals surface area contributed by atoms with Crippen LogP contribution >= 0.6 is 0 Å². The Kier molecular flexibility index (Phi) is 3.15. The van der Waals surface area contributed by atoms with E-state index in [0.717, 1.165) is 10.9 Å². The third-order valence-electron chi connectivity index (χ3n) is 2.74. The number of fused-ring (bicyclic) bond motifs is 1. The molecule has 90 valence electrons. The Hall–Kier alpha value is -1.81. The van der Waals surface area contributed by atoms with E-state index >= 15 is 0 Å². The summed E-state index contributed by atoms with van der Waals surface area (Å²) in [4.78, 5) is 11.4. The molecule has 0 radical (unpaired) electrons. The Morgan fingerprint density at radius 1 is 1.47 bits per heavy atom. The zero-order chi connectivity index (χ0) is 12.4. The molecule has 1 aromatic heterocycles. The normalized spacial score (nSPS) is 12.6. The van der Waals surface area contributed by atoms with Crippen molar-refractivity contribution >= 4 is 16.9 Å². The molecule has 2 rings (SSSR count). The van der Waals surface area contributed by atoms with Crippen molar-refractivity contribution in [2.45, 2.75) is 13.0 Å². The third kappa shape index (κ3) is 2.17. The zero-order valence-corrected chi connectivity index (χ0v) is 9.88. The molecule has 0 bridgehead atoms. The van der Waals surface area contributed by atoms with Crippen LogP contribution in [0.4, 0.5) is 0 Å². The SMILES string of the molecule is CCOC(=O)C(O)c1ccc2ccn(C)c2c1. The van der Waals surface area contributed by atoms with Crippen molar-refractivity contribution in [1.82, 2.24) is 4.57 Å². The van der Waals surface area contributed by atoms with E-state index < -0.39 is 12.1 Å². The van der Waals surface area contributed by atoms with Crippen LogP contribution < -0.4 is 0 Å². The van der Waals surface area contributed by atoms with Crippen LogP contribution in [0.2, 0.25) is 0 Å². The first kappa shape index (κ1) is 11.7. The van der Waals surface area contributed by atoms with Gasteiger partial charge in [-0.3, -0.25) is 0 Å². The summed E-state index contributed by atoms with van der Waals surface area (Å²) in [6, 6.07) is 7.41. The molecule has 0 amide bonds. The minimum absolute atomic E-state index is 0.266. The van der Waals surface area contributed by atoms with Crippen LogP contribution in [0.1, 0.15) is 18.6 Å². The van der Waals surface area contributed by atoms with Crippen molar-refractivity contribution in [2.24, 2.45) is 7.05 Å². The van der Waals surface area contributed by atoms with Crippen molar-refractivity contribution in [3.8, 4) is 0 Å². The Morgan fingerprint density at radius 3 is 2.94 bits per heavy atom. The molecule has 0 saturated carbocycles. The van der Waals surface area contributed by atoms with Gasteiger partial charge < -0.3 is 14.4 Å². The van der Waals surface area contributed by atoms with Crippen molar-refractivity contribution in [3.63, 3.8) is 0 Å². The second-order valence-corrected chi connectivity index (χ2v) is 3.90. The summed E-state index contributed by atoms with van der Waals surface area (Å²) in [5.74, 6) is -0.610. The number of hydrogen-bond acceptors (Lipinski definition) is 3. The van der Waals surface area contributed by atoms with Crippen molar-refractivity contribution in [3.05, 3.63) is 36.0 Å². The lowest BCUT2D eigenvalue weighted by molar-refractivity contribution is -0.153. The maximum absolute atomic E-state index is 11.4. The van der Waals surface area contributed by atoms with E-state index in [1.807, 2.05) is 29.9 Å². The number of aryl methyl sites for hydroxylation is 1. The average Bonchev–Trinajstić information content (AvgIpc) is 2.70. The fourth-order valence-electron chi connectivity index (χ4n) is 1.81. The molecule has 1 atom stereocenters. The minimum atomic E-state index is -1.21. The lowest BCUT2D eigenvalue weighted by atomic mass is 10.1. The summed E-state index contributed by atoms with van der Waals surface area (Å²) < 4.78 is 6.73. The summed E-state index contributed by atoms with van der Waals surface area (Å²) in [5, 5.41) is 10.9. The first-order chi connectivity index (χ1) is 8.13. The maximum atomic E-state index is 11.4. The summed E-state index contributed by atoms with van der Waals surface area (Å²) in [5.41, 5.74) is 1.53. The fraction of sp³-hybridized carbons (Fsp3) is 0.308. The molecule has 4 heteroatoms. The molecule has 1 N–H and O–H groups in total. The van der Waals surface area contributed by atoms with Crippen LogP contribution in [0.5, 0.6) is 0 Å². The number of rotatable bonds is 3. The van der Waals surface area contributed by atoms with Gasteiger partial charge in [-0.2, -0.15) is 0 Å². The highest BCUT2D eigenvalue weighted by molar-refractivity contribution is 5.83. The predicted molar refractivity (Wildman–Crippen MR) is 64.5 cm³/mol. The highest BCUT2D eigenvalue weighted by Gasteiger charge is 2.18. The monoisotopic (exact) mass is 233 g/mol. The lowest BCUT2D eigenvalue weighted by Crippen LogP contribution is -2.15. The Bertz CT molecular complexity index is 545. The fourth-order valence-corrected chi connectivity index (χ4v) is 1.81. The molecule has 1 aromatic carbocycles. The van der Waals surface area contributed by atoms with Crippen LogP contribution in [0.3, 0.4) is 0 Å². The number of esters is 1. The third-order valence-corrected chi connectivity index (χ3v) is 2.74. The van der Waals surface area contributed by atoms with Gasteiger partial charge >= 0.3 is 5.97 Å². The van der Waals surface area contributed by atoms with E-state index in [0.29, 0.717) is 5.56 Å². The summed E-state index contributed by atoms with van der Waals surface area (Å²) in [7, 11) is 1.92. The first-order valence-corrected chi connectivity index (χ1v) is 5.53. The zero-order valence-electron chi connectivity index (χ0n) is 9.88. The van der Waals surface area contributed by atoms with E-state index in [1.54, 1.807) is 19.1 Å². The molecule has 1 unspecified atom stereocenters. The number of carbonyl (C=O) groups is 1. The van der Waals surface area contributed by atoms with Gasteiger partial charge in [0.25, 0.3) is 0 Å². The van der Waals surface area contributed by atoms with Crippen molar-refractivity contribution in [2.75, 3.05) is 6.61 Å². The summed E-state index contributed by atoms with van der Waals surface area (Å²) in [6.07, 6.45) is 0.722. The molecule has 4 nitrogen and oxygen atoms in total. The van der Waals surface area contributed by atoms with Gasteiger partial charge in [0.05, 0.1) is 6.61 Å². The van der Waals surface area contributed by atoms with E-state index in [4.69, 9.17) is 4.74 Å². The van der Waals surface area contributed by atoms with Crippen LogP contribution in [-0.4, -0.2) is 22.2 Å². The second kappa shape index (κ2) is 4.59. The van der Waals surface area contributed by atoms with Gasteiger partial charge in [0.2, 0.25) is 0 Å². The number of aliphatic hydroxyl groups is 1. The average molecular weight is 233 g/mol. The standard InChI is InChI=1S/C13H15NO3/c1-3-17-13(16)12(15)10-5-4-9-6-7-14(2)11(9)8-10/h4-8,12,15H,3H2,1-2H3. The number of nitrogens with zero attached hydrogens (tertiary/aromatic N) is 1. The molecule has 0 saturated heterocycles. The first-order valence-electron chi connectivity index (χ1n) is 5.53. The van der Waals surface area contributed by atoms with Gasteiger partial charge in [-0.05, 0) is 30.0 Å². The van der Waals surface area contributed by atoms with Gasteiger partial charge in [0.15, 0.2) is 6.10 Å². The molecule has 0 spiro atoms. The number of benzene rings is 1. The Morgan fingerprint density at radius 2 is 2.24 bits per heavy atom. The highest BCUT2D eigenvalue weighted by atomic mass is 16.5. The van der Waals surface area contributed by atoms with Gasteiger partial charge in [0.1, 0.15) is 0 Å². The number of hydrogen-bond donors (Lipinski definition) is 1. The minimum Gasteiger partial charge on any atom is -0.464 e. The second-order valence-electron chi connectivity index (χ2n) is 3.90. The number of aliphatic hydroxyl groups excluding tert-OH is 1. The van der Waals surface area contributed by atoms with Crippen LogP contribution in [0.25, 0.3) is 10.9 Å². The molecule has 2 aromatic rings. The van der Waals surface area contributed by atoms with Crippen LogP contribution in [-0.2, 0) is 16.6 Å². The van der Waals surface area contributed by atoms with Crippen molar-refractivity contribution in [1.29, 1.82) is 0 Å². The van der Waals surface area contributed by atoms with Crippen LogP contribution in [0, 0.1) is 0 Å². The van der Waals surface area contributed by atoms with Gasteiger partial charge in [-0.15, -0.1) is 0 Å². The maximum Gasteiger partial charge on any atom is 0.339 e. The number of ether oxygens (including phenoxy) is 1. The highest BCUT2D eigenvalue weighted by Crippen LogP contribution is 2.21. The number of carbonyl (C=O) groups excluding carboxylic acids is 1. The molecule has 1 heterocycles. The Balaban J connectivity index is 2.35. The van der Waals surface area contributed by atoms with E-state index in [9.17, 15) is 9.90 Å². The van der Waals surface area contributed by atoms with E-state index in [-0.39, 0.29) is 6.61 Å². The van der Waals surface area contributed by atoms with E-state index in [1.165, 1.54) is 0 Å². The molecule has 0 aliphatic rings. The van der Waals surface area contributed by atoms with Crippen molar-refractivity contribution < 1.29 is 14.6 Å². The summed E-state index contributed by atoms with van der Waals surface area (Å²) in [6.45, 7) is 1.98. The van der Waals surface area contributed by atoms with Gasteiger partial charge in [-0.1, -0.05) is 12.1 Å². The predicted octanol–water partition coefficient (Wildman–Crippen LogP) is 1.77. The van der Waals surface area contributed by atoms with Gasteiger partial charge in [0, 0.05) is 18.8 Å². The lowest BCUT2D eigenvalue weighted by Gasteiger charge is -2.10. The molecule has 0 aliphatic heterocycles. The molecule has 17 heavy (non-hydrogen) atoms. The quantitative estimate of drug-likeness (QED) is 0.822. The molecular formula is C13H15NO3. The van der Waals surface area contributed by atoms with Gasteiger partial charge in [-0.25, -0.2) is 4.79 Å². The van der Waals surface area contributed by atoms with E-state index in [2.05, 4.69) is 0 Å². The largest absolute Gasteiger partial charge is 0.464 e. The smallest absolute Gasteiger partial charge is 0.339 e. The number of aromatic nitrogens is 1. The molecule has 0 fully saturated rings.